The topological polar surface area (TPSA) is 58.6 Å². The first-order chi connectivity index (χ1) is 7.82. The summed E-state index contributed by atoms with van der Waals surface area (Å²) in [6.07, 6.45) is 4.29. The molecule has 0 radical (unpaired) electrons. The van der Waals surface area contributed by atoms with E-state index in [1.54, 1.807) is 0 Å². The molecule has 17 heavy (non-hydrogen) atoms. The van der Waals surface area contributed by atoms with Gasteiger partial charge in [0.1, 0.15) is 5.60 Å². The third-order valence-corrected chi connectivity index (χ3v) is 3.79. The van der Waals surface area contributed by atoms with Gasteiger partial charge in [-0.1, -0.05) is 0 Å². The quantitative estimate of drug-likeness (QED) is 0.792. The minimum Gasteiger partial charge on any atom is -0.444 e. The summed E-state index contributed by atoms with van der Waals surface area (Å²) < 4.78 is 5.19. The molecule has 98 valence electrons. The lowest BCUT2D eigenvalue weighted by Gasteiger charge is -2.63. The molecular weight excluding hydrogens is 218 g/mol. The normalized spacial score (nSPS) is 32.1. The van der Waals surface area contributed by atoms with Crippen molar-refractivity contribution < 1.29 is 14.6 Å². The van der Waals surface area contributed by atoms with Crippen molar-refractivity contribution in [3.63, 3.8) is 0 Å². The molecule has 1 atom stereocenters. The van der Waals surface area contributed by atoms with E-state index in [1.165, 1.54) is 19.3 Å². The standard InChI is InChI=1S/C13H23NO3/c1-12(2,3)17-11(16)14-10(8-15)7-13-4-9(5-13)6-13/h9-10,15H,4-8H2,1-3H3,(H,14,16). The van der Waals surface area contributed by atoms with Crippen LogP contribution >= 0.6 is 0 Å². The van der Waals surface area contributed by atoms with Crippen molar-refractivity contribution in [2.45, 2.75) is 58.1 Å². The maximum absolute atomic E-state index is 11.6. The number of hydrogen-bond acceptors (Lipinski definition) is 3. The van der Waals surface area contributed by atoms with E-state index in [1.807, 2.05) is 20.8 Å². The minimum absolute atomic E-state index is 0.00827. The van der Waals surface area contributed by atoms with Crippen molar-refractivity contribution >= 4 is 6.09 Å². The Morgan fingerprint density at radius 2 is 2.06 bits per heavy atom. The number of amides is 1. The van der Waals surface area contributed by atoms with E-state index in [2.05, 4.69) is 5.32 Å². The summed E-state index contributed by atoms with van der Waals surface area (Å²) >= 11 is 0. The van der Waals surface area contributed by atoms with Crippen molar-refractivity contribution in [3.8, 4) is 0 Å². The number of carbonyl (C=O) groups excluding carboxylic acids is 1. The Kier molecular flexibility index (Phi) is 3.10. The van der Waals surface area contributed by atoms with Crippen LogP contribution in [0.2, 0.25) is 0 Å². The first kappa shape index (κ1) is 12.7. The fraction of sp³-hybridized carbons (Fsp3) is 0.923. The van der Waals surface area contributed by atoms with E-state index in [0.717, 1.165) is 12.3 Å². The molecule has 3 aliphatic carbocycles. The van der Waals surface area contributed by atoms with E-state index in [-0.39, 0.29) is 12.6 Å². The Bertz CT molecular complexity index is 291. The van der Waals surface area contributed by atoms with Gasteiger partial charge in [0.05, 0.1) is 12.6 Å². The Hall–Kier alpha value is -0.770. The van der Waals surface area contributed by atoms with Crippen molar-refractivity contribution in [2.24, 2.45) is 11.3 Å². The molecule has 3 rings (SSSR count). The second-order valence-electron chi connectivity index (χ2n) is 6.71. The van der Waals surface area contributed by atoms with Crippen LogP contribution in [0.4, 0.5) is 4.79 Å². The van der Waals surface area contributed by atoms with Crippen molar-refractivity contribution in [1.82, 2.24) is 5.32 Å². The monoisotopic (exact) mass is 241 g/mol. The van der Waals surface area contributed by atoms with Gasteiger partial charge in [0.25, 0.3) is 0 Å². The lowest BCUT2D eigenvalue weighted by atomic mass is 9.43. The van der Waals surface area contributed by atoms with Gasteiger partial charge in [-0.05, 0) is 57.8 Å². The van der Waals surface area contributed by atoms with Crippen LogP contribution in [0, 0.1) is 11.3 Å². The second kappa shape index (κ2) is 4.16. The maximum atomic E-state index is 11.6. The molecule has 3 saturated carbocycles. The molecule has 0 aliphatic heterocycles. The van der Waals surface area contributed by atoms with Crippen LogP contribution in [0.25, 0.3) is 0 Å². The summed E-state index contributed by atoms with van der Waals surface area (Å²) in [4.78, 5) is 11.6. The molecule has 0 aromatic rings. The predicted octanol–water partition coefficient (Wildman–Crippen LogP) is 2.06. The summed E-state index contributed by atoms with van der Waals surface area (Å²) in [7, 11) is 0. The van der Waals surface area contributed by atoms with Gasteiger partial charge in [0.15, 0.2) is 0 Å². The molecule has 4 heteroatoms. The lowest BCUT2D eigenvalue weighted by molar-refractivity contribution is -0.120. The minimum atomic E-state index is -0.486. The average Bonchev–Trinajstić information content (AvgIpc) is 2.03. The Morgan fingerprint density at radius 3 is 2.41 bits per heavy atom. The molecule has 2 N–H and O–H groups in total. The number of ether oxygens (including phenoxy) is 1. The molecule has 0 aromatic heterocycles. The molecule has 1 unspecified atom stereocenters. The summed E-state index contributed by atoms with van der Waals surface area (Å²) in [5.74, 6) is 0.927. The van der Waals surface area contributed by atoms with Crippen LogP contribution in [-0.4, -0.2) is 29.4 Å². The van der Waals surface area contributed by atoms with Crippen molar-refractivity contribution in [2.75, 3.05) is 6.61 Å². The van der Waals surface area contributed by atoms with Crippen LogP contribution in [0.3, 0.4) is 0 Å². The van der Waals surface area contributed by atoms with E-state index >= 15 is 0 Å². The van der Waals surface area contributed by atoms with Gasteiger partial charge < -0.3 is 15.2 Å². The summed E-state index contributed by atoms with van der Waals surface area (Å²) in [5.41, 5.74) is -0.0620. The van der Waals surface area contributed by atoms with Crippen LogP contribution in [0.15, 0.2) is 0 Å². The Labute approximate surface area is 103 Å². The molecule has 0 aromatic carbocycles. The molecule has 0 heterocycles. The number of hydrogen-bond donors (Lipinski definition) is 2. The molecule has 3 fully saturated rings. The van der Waals surface area contributed by atoms with Crippen molar-refractivity contribution in [1.29, 1.82) is 0 Å². The van der Waals surface area contributed by atoms with Gasteiger partial charge in [-0.15, -0.1) is 0 Å². The predicted molar refractivity (Wildman–Crippen MR) is 64.6 cm³/mol. The smallest absolute Gasteiger partial charge is 0.407 e. The van der Waals surface area contributed by atoms with Crippen LogP contribution < -0.4 is 5.32 Å². The molecule has 1 amide bonds. The molecule has 4 nitrogen and oxygen atoms in total. The SMILES string of the molecule is CC(C)(C)OC(=O)NC(CO)CC12CC(C1)C2. The highest BCUT2D eigenvalue weighted by molar-refractivity contribution is 5.68. The van der Waals surface area contributed by atoms with E-state index in [4.69, 9.17) is 4.74 Å². The summed E-state index contributed by atoms with van der Waals surface area (Å²) in [5, 5.41) is 12.1. The molecular formula is C13H23NO3. The van der Waals surface area contributed by atoms with Gasteiger partial charge in [-0.25, -0.2) is 4.79 Å². The van der Waals surface area contributed by atoms with Gasteiger partial charge >= 0.3 is 6.09 Å². The highest BCUT2D eigenvalue weighted by Crippen LogP contribution is 2.66. The first-order valence-corrected chi connectivity index (χ1v) is 6.42. The Morgan fingerprint density at radius 1 is 1.47 bits per heavy atom. The van der Waals surface area contributed by atoms with Gasteiger partial charge in [-0.2, -0.15) is 0 Å². The lowest BCUT2D eigenvalue weighted by Crippen LogP contribution is -2.55. The number of nitrogens with one attached hydrogen (secondary N) is 1. The second-order valence-corrected chi connectivity index (χ2v) is 6.71. The molecule has 3 aliphatic rings. The van der Waals surface area contributed by atoms with Gasteiger partial charge in [0.2, 0.25) is 0 Å². The first-order valence-electron chi connectivity index (χ1n) is 6.42. The molecule has 2 bridgehead atoms. The highest BCUT2D eigenvalue weighted by atomic mass is 16.6. The molecule has 0 saturated heterocycles. The number of rotatable bonds is 4. The number of alkyl carbamates (subject to hydrolysis) is 1. The highest BCUT2D eigenvalue weighted by Gasteiger charge is 2.56. The Balaban J connectivity index is 1.76. The third-order valence-electron chi connectivity index (χ3n) is 3.79. The number of carbonyl (C=O) groups is 1. The zero-order chi connectivity index (χ0) is 12.7. The fourth-order valence-corrected chi connectivity index (χ4v) is 3.07. The number of aliphatic hydroxyl groups is 1. The summed E-state index contributed by atoms with van der Waals surface area (Å²) in [6, 6.07) is -0.161. The number of aliphatic hydroxyl groups excluding tert-OH is 1. The zero-order valence-electron chi connectivity index (χ0n) is 11.0. The zero-order valence-corrected chi connectivity index (χ0v) is 11.0. The van der Waals surface area contributed by atoms with Crippen LogP contribution in [-0.2, 0) is 4.74 Å². The van der Waals surface area contributed by atoms with Crippen LogP contribution in [0.1, 0.15) is 46.5 Å². The van der Waals surface area contributed by atoms with E-state index in [9.17, 15) is 9.90 Å². The summed E-state index contributed by atoms with van der Waals surface area (Å²) in [6.45, 7) is 5.50. The van der Waals surface area contributed by atoms with E-state index in [0.29, 0.717) is 5.41 Å². The average molecular weight is 241 g/mol. The fourth-order valence-electron chi connectivity index (χ4n) is 3.07. The van der Waals surface area contributed by atoms with Crippen molar-refractivity contribution in [3.05, 3.63) is 0 Å². The van der Waals surface area contributed by atoms with Gasteiger partial charge in [0, 0.05) is 0 Å². The van der Waals surface area contributed by atoms with Crippen LogP contribution in [0.5, 0.6) is 0 Å². The largest absolute Gasteiger partial charge is 0.444 e. The molecule has 0 spiro atoms. The van der Waals surface area contributed by atoms with E-state index < -0.39 is 11.7 Å². The third kappa shape index (κ3) is 2.92. The van der Waals surface area contributed by atoms with Gasteiger partial charge in [-0.3, -0.25) is 0 Å². The maximum Gasteiger partial charge on any atom is 0.407 e.